The van der Waals surface area contributed by atoms with Crippen molar-refractivity contribution in [2.24, 2.45) is 5.73 Å². The predicted molar refractivity (Wildman–Crippen MR) is 65.6 cm³/mol. The Morgan fingerprint density at radius 2 is 2.41 bits per heavy atom. The van der Waals surface area contributed by atoms with Crippen LogP contribution in [0.25, 0.3) is 0 Å². The third-order valence-corrected chi connectivity index (χ3v) is 3.99. The average Bonchev–Trinajstić information content (AvgIpc) is 2.78. The fourth-order valence-corrected chi connectivity index (χ4v) is 3.01. The minimum Gasteiger partial charge on any atom is -0.375 e. The van der Waals surface area contributed by atoms with Crippen molar-refractivity contribution in [1.29, 1.82) is 0 Å². The first kappa shape index (κ1) is 12.8. The number of carbonyl (C=O) groups excluding carboxylic acids is 1. The molecule has 0 spiro atoms. The smallest absolute Gasteiger partial charge is 0.234 e. The molecule has 17 heavy (non-hydrogen) atoms. The molecule has 0 bridgehead atoms. The first-order chi connectivity index (χ1) is 8.22. The SMILES string of the molecule is CNC(CCN1CCOC2CCCC21)C(N)=O. The summed E-state index contributed by atoms with van der Waals surface area (Å²) in [5, 5.41) is 2.97. The standard InChI is InChI=1S/C12H23N3O2/c1-14-9(12(13)16)5-6-15-7-8-17-11-4-2-3-10(11)15/h9-11,14H,2-8H2,1H3,(H2,13,16). The molecule has 1 saturated heterocycles. The average molecular weight is 241 g/mol. The van der Waals surface area contributed by atoms with Gasteiger partial charge in [0.05, 0.1) is 18.8 Å². The summed E-state index contributed by atoms with van der Waals surface area (Å²) in [6, 6.07) is 0.354. The van der Waals surface area contributed by atoms with Gasteiger partial charge in [0.15, 0.2) is 0 Å². The van der Waals surface area contributed by atoms with Gasteiger partial charge in [0.1, 0.15) is 0 Å². The molecule has 0 aromatic heterocycles. The number of likely N-dealkylation sites (N-methyl/N-ethyl adjacent to an activating group) is 1. The van der Waals surface area contributed by atoms with Gasteiger partial charge in [0, 0.05) is 19.1 Å². The molecular weight excluding hydrogens is 218 g/mol. The van der Waals surface area contributed by atoms with Gasteiger partial charge in [-0.1, -0.05) is 0 Å². The Morgan fingerprint density at radius 3 is 3.12 bits per heavy atom. The number of nitrogens with two attached hydrogens (primary N) is 1. The van der Waals surface area contributed by atoms with E-state index in [1.54, 1.807) is 7.05 Å². The van der Waals surface area contributed by atoms with Gasteiger partial charge in [-0.05, 0) is 32.7 Å². The van der Waals surface area contributed by atoms with Crippen LogP contribution in [0, 0.1) is 0 Å². The van der Waals surface area contributed by atoms with Crippen LogP contribution in [0.2, 0.25) is 0 Å². The lowest BCUT2D eigenvalue weighted by Crippen LogP contribution is -2.50. The van der Waals surface area contributed by atoms with Crippen molar-refractivity contribution in [3.63, 3.8) is 0 Å². The lowest BCUT2D eigenvalue weighted by atomic mass is 10.1. The molecule has 0 radical (unpaired) electrons. The number of rotatable bonds is 5. The number of ether oxygens (including phenoxy) is 1. The van der Waals surface area contributed by atoms with Crippen LogP contribution >= 0.6 is 0 Å². The van der Waals surface area contributed by atoms with E-state index >= 15 is 0 Å². The maximum atomic E-state index is 11.1. The Bertz CT molecular complexity index is 272. The highest BCUT2D eigenvalue weighted by molar-refractivity contribution is 5.79. The summed E-state index contributed by atoms with van der Waals surface area (Å²) in [7, 11) is 1.78. The summed E-state index contributed by atoms with van der Waals surface area (Å²) in [4.78, 5) is 13.6. The quantitative estimate of drug-likeness (QED) is 0.693. The predicted octanol–water partition coefficient (Wildman–Crippen LogP) is -0.297. The van der Waals surface area contributed by atoms with E-state index in [9.17, 15) is 4.79 Å². The fraction of sp³-hybridized carbons (Fsp3) is 0.917. The highest BCUT2D eigenvalue weighted by atomic mass is 16.5. The number of morpholine rings is 1. The number of nitrogens with zero attached hydrogens (tertiary/aromatic N) is 1. The first-order valence-corrected chi connectivity index (χ1v) is 6.54. The van der Waals surface area contributed by atoms with Crippen molar-refractivity contribution in [2.45, 2.75) is 43.9 Å². The number of amides is 1. The fourth-order valence-electron chi connectivity index (χ4n) is 3.01. The molecule has 1 amide bonds. The minimum absolute atomic E-state index is 0.210. The number of fused-ring (bicyclic) bond motifs is 1. The van der Waals surface area contributed by atoms with Crippen LogP contribution in [0.3, 0.4) is 0 Å². The monoisotopic (exact) mass is 241 g/mol. The molecule has 3 unspecified atom stereocenters. The van der Waals surface area contributed by atoms with Crippen molar-refractivity contribution >= 4 is 5.91 Å². The summed E-state index contributed by atoms with van der Waals surface area (Å²) in [6.07, 6.45) is 4.88. The van der Waals surface area contributed by atoms with E-state index in [1.807, 2.05) is 0 Å². The van der Waals surface area contributed by atoms with Crippen LogP contribution < -0.4 is 11.1 Å². The van der Waals surface area contributed by atoms with E-state index in [4.69, 9.17) is 10.5 Å². The van der Waals surface area contributed by atoms with Crippen LogP contribution in [-0.2, 0) is 9.53 Å². The molecule has 98 valence electrons. The van der Waals surface area contributed by atoms with Crippen LogP contribution in [0.15, 0.2) is 0 Å². The number of hydrogen-bond donors (Lipinski definition) is 2. The molecule has 1 saturated carbocycles. The zero-order valence-corrected chi connectivity index (χ0v) is 10.5. The molecule has 5 heteroatoms. The summed E-state index contributed by atoms with van der Waals surface area (Å²) >= 11 is 0. The van der Waals surface area contributed by atoms with Gasteiger partial charge in [0.25, 0.3) is 0 Å². The highest BCUT2D eigenvalue weighted by Crippen LogP contribution is 2.29. The number of hydrogen-bond acceptors (Lipinski definition) is 4. The zero-order valence-electron chi connectivity index (χ0n) is 10.5. The van der Waals surface area contributed by atoms with E-state index in [0.717, 1.165) is 26.1 Å². The van der Waals surface area contributed by atoms with Gasteiger partial charge in [-0.3, -0.25) is 9.69 Å². The van der Waals surface area contributed by atoms with E-state index in [2.05, 4.69) is 10.2 Å². The number of primary amides is 1. The Hall–Kier alpha value is -0.650. The number of carbonyl (C=O) groups is 1. The minimum atomic E-state index is -0.260. The van der Waals surface area contributed by atoms with E-state index < -0.39 is 0 Å². The molecule has 5 nitrogen and oxygen atoms in total. The van der Waals surface area contributed by atoms with Gasteiger partial charge >= 0.3 is 0 Å². The van der Waals surface area contributed by atoms with Gasteiger partial charge < -0.3 is 15.8 Å². The topological polar surface area (TPSA) is 67.6 Å². The van der Waals surface area contributed by atoms with Crippen molar-refractivity contribution in [2.75, 3.05) is 26.7 Å². The molecule has 3 N–H and O–H groups in total. The molecule has 2 aliphatic rings. The molecular formula is C12H23N3O2. The highest BCUT2D eigenvalue weighted by Gasteiger charge is 2.35. The maximum absolute atomic E-state index is 11.1. The van der Waals surface area contributed by atoms with Gasteiger partial charge in [-0.2, -0.15) is 0 Å². The van der Waals surface area contributed by atoms with Crippen LogP contribution in [0.4, 0.5) is 0 Å². The third-order valence-electron chi connectivity index (χ3n) is 3.99. The van der Waals surface area contributed by atoms with Crippen molar-refractivity contribution in [1.82, 2.24) is 10.2 Å². The maximum Gasteiger partial charge on any atom is 0.234 e. The lowest BCUT2D eigenvalue weighted by molar-refractivity contribution is -0.120. The summed E-state index contributed by atoms with van der Waals surface area (Å²) < 4.78 is 5.76. The molecule has 0 aromatic carbocycles. The first-order valence-electron chi connectivity index (χ1n) is 6.54. The third kappa shape index (κ3) is 2.97. The Labute approximate surface area is 103 Å². The molecule has 3 atom stereocenters. The number of nitrogens with one attached hydrogen (secondary N) is 1. The summed E-state index contributed by atoms with van der Waals surface area (Å²) in [5.41, 5.74) is 5.32. The lowest BCUT2D eigenvalue weighted by Gasteiger charge is -2.38. The molecule has 2 fully saturated rings. The van der Waals surface area contributed by atoms with E-state index in [1.165, 1.54) is 19.3 Å². The van der Waals surface area contributed by atoms with E-state index in [0.29, 0.717) is 12.1 Å². The van der Waals surface area contributed by atoms with Crippen LogP contribution in [0.5, 0.6) is 0 Å². The second kappa shape index (κ2) is 5.80. The molecule has 0 aromatic rings. The molecule has 2 rings (SSSR count). The Balaban J connectivity index is 1.83. The van der Waals surface area contributed by atoms with Crippen molar-refractivity contribution in [3.05, 3.63) is 0 Å². The van der Waals surface area contributed by atoms with Gasteiger partial charge in [-0.25, -0.2) is 0 Å². The molecule has 1 aliphatic heterocycles. The zero-order chi connectivity index (χ0) is 12.3. The molecule has 1 aliphatic carbocycles. The Kier molecular flexibility index (Phi) is 4.36. The van der Waals surface area contributed by atoms with Crippen molar-refractivity contribution < 1.29 is 9.53 Å². The van der Waals surface area contributed by atoms with E-state index in [-0.39, 0.29) is 11.9 Å². The summed E-state index contributed by atoms with van der Waals surface area (Å²) in [5.74, 6) is -0.260. The second-order valence-corrected chi connectivity index (χ2v) is 4.98. The largest absolute Gasteiger partial charge is 0.375 e. The van der Waals surface area contributed by atoms with Gasteiger partial charge in [0.2, 0.25) is 5.91 Å². The van der Waals surface area contributed by atoms with Crippen LogP contribution in [0.1, 0.15) is 25.7 Å². The van der Waals surface area contributed by atoms with Crippen LogP contribution in [-0.4, -0.2) is 55.7 Å². The second-order valence-electron chi connectivity index (χ2n) is 4.98. The normalized spacial score (nSPS) is 31.1. The molecule has 1 heterocycles. The summed E-state index contributed by atoms with van der Waals surface area (Å²) in [6.45, 7) is 2.73. The van der Waals surface area contributed by atoms with Crippen molar-refractivity contribution in [3.8, 4) is 0 Å². The van der Waals surface area contributed by atoms with Gasteiger partial charge in [-0.15, -0.1) is 0 Å². The Morgan fingerprint density at radius 1 is 1.59 bits per heavy atom.